The standard InChI is InChI=1S/C14H13NO2/c15-13-7-2-1-6-12(13)14(17)9-10-4-3-5-11(16)8-10/h1-8,16H,9,15H2. The van der Waals surface area contributed by atoms with Crippen molar-refractivity contribution in [3.8, 4) is 5.75 Å². The third-order valence-corrected chi connectivity index (χ3v) is 2.54. The van der Waals surface area contributed by atoms with Gasteiger partial charge in [-0.3, -0.25) is 4.79 Å². The molecule has 2 aromatic carbocycles. The van der Waals surface area contributed by atoms with Gasteiger partial charge in [0.15, 0.2) is 5.78 Å². The SMILES string of the molecule is Nc1ccccc1C(=O)Cc1cccc(O)c1. The molecule has 0 amide bonds. The number of phenolic OH excluding ortho intramolecular Hbond substituents is 1. The summed E-state index contributed by atoms with van der Waals surface area (Å²) in [4.78, 5) is 12.0. The Bertz CT molecular complexity index is 549. The van der Waals surface area contributed by atoms with Crippen LogP contribution in [0.4, 0.5) is 5.69 Å². The summed E-state index contributed by atoms with van der Waals surface area (Å²) in [5, 5.41) is 9.32. The number of benzene rings is 2. The Hall–Kier alpha value is -2.29. The van der Waals surface area contributed by atoms with Crippen LogP contribution >= 0.6 is 0 Å². The number of anilines is 1. The fourth-order valence-corrected chi connectivity index (χ4v) is 1.70. The predicted molar refractivity (Wildman–Crippen MR) is 67.0 cm³/mol. The van der Waals surface area contributed by atoms with E-state index in [0.29, 0.717) is 11.3 Å². The molecule has 0 radical (unpaired) electrons. The first-order valence-corrected chi connectivity index (χ1v) is 5.32. The number of nitrogen functional groups attached to an aromatic ring is 1. The lowest BCUT2D eigenvalue weighted by Gasteiger charge is -2.04. The first-order chi connectivity index (χ1) is 8.16. The van der Waals surface area contributed by atoms with Gasteiger partial charge in [0.1, 0.15) is 5.75 Å². The minimum Gasteiger partial charge on any atom is -0.508 e. The minimum absolute atomic E-state index is 0.0475. The highest BCUT2D eigenvalue weighted by molar-refractivity contribution is 6.01. The van der Waals surface area contributed by atoms with Gasteiger partial charge in [-0.15, -0.1) is 0 Å². The van der Waals surface area contributed by atoms with Crippen molar-refractivity contribution in [3.63, 3.8) is 0 Å². The summed E-state index contributed by atoms with van der Waals surface area (Å²) in [6.45, 7) is 0. The van der Waals surface area contributed by atoms with Crippen LogP contribution < -0.4 is 5.73 Å². The summed E-state index contributed by atoms with van der Waals surface area (Å²) in [7, 11) is 0. The Morgan fingerprint density at radius 2 is 1.88 bits per heavy atom. The molecule has 0 aliphatic rings. The van der Waals surface area contributed by atoms with Gasteiger partial charge in [0, 0.05) is 17.7 Å². The Labute approximate surface area is 99.5 Å². The molecule has 0 spiro atoms. The second kappa shape index (κ2) is 4.70. The molecule has 0 atom stereocenters. The van der Waals surface area contributed by atoms with E-state index >= 15 is 0 Å². The van der Waals surface area contributed by atoms with Gasteiger partial charge >= 0.3 is 0 Å². The molecule has 0 heterocycles. The number of ketones is 1. The summed E-state index contributed by atoms with van der Waals surface area (Å²) >= 11 is 0. The number of carbonyl (C=O) groups excluding carboxylic acids is 1. The van der Waals surface area contributed by atoms with Gasteiger partial charge in [0.2, 0.25) is 0 Å². The predicted octanol–water partition coefficient (Wildman–Crippen LogP) is 2.40. The number of rotatable bonds is 3. The van der Waals surface area contributed by atoms with Gasteiger partial charge in [-0.25, -0.2) is 0 Å². The molecule has 0 aliphatic carbocycles. The molecule has 3 heteroatoms. The third-order valence-electron chi connectivity index (χ3n) is 2.54. The molecule has 0 bridgehead atoms. The maximum absolute atomic E-state index is 12.0. The number of Topliss-reactive ketones (excluding diaryl/α,β-unsaturated/α-hetero) is 1. The topological polar surface area (TPSA) is 63.3 Å². The zero-order chi connectivity index (χ0) is 12.3. The van der Waals surface area contributed by atoms with Crippen molar-refractivity contribution in [1.82, 2.24) is 0 Å². The molecule has 2 aromatic rings. The quantitative estimate of drug-likeness (QED) is 0.625. The molecule has 0 aromatic heterocycles. The van der Waals surface area contributed by atoms with Crippen LogP contribution in [0.25, 0.3) is 0 Å². The maximum Gasteiger partial charge on any atom is 0.169 e. The highest BCUT2D eigenvalue weighted by atomic mass is 16.3. The maximum atomic E-state index is 12.0. The molecular weight excluding hydrogens is 214 g/mol. The van der Waals surface area contributed by atoms with Crippen molar-refractivity contribution in [2.24, 2.45) is 0 Å². The van der Waals surface area contributed by atoms with Crippen LogP contribution in [0, 0.1) is 0 Å². The first kappa shape index (κ1) is 11.2. The fraction of sp³-hybridized carbons (Fsp3) is 0.0714. The number of aromatic hydroxyl groups is 1. The Balaban J connectivity index is 2.20. The second-order valence-electron chi connectivity index (χ2n) is 3.86. The van der Waals surface area contributed by atoms with Crippen molar-refractivity contribution in [3.05, 3.63) is 59.7 Å². The normalized spacial score (nSPS) is 10.1. The molecule has 3 nitrogen and oxygen atoms in total. The van der Waals surface area contributed by atoms with Crippen molar-refractivity contribution in [1.29, 1.82) is 0 Å². The molecule has 0 fully saturated rings. The summed E-state index contributed by atoms with van der Waals surface area (Å²) in [5.41, 5.74) is 7.52. The minimum atomic E-state index is -0.0475. The van der Waals surface area contributed by atoms with Gasteiger partial charge in [-0.2, -0.15) is 0 Å². The Morgan fingerprint density at radius 3 is 2.59 bits per heavy atom. The highest BCUT2D eigenvalue weighted by Crippen LogP contribution is 2.16. The average Bonchev–Trinajstić information content (AvgIpc) is 2.29. The average molecular weight is 227 g/mol. The molecule has 0 saturated carbocycles. The van der Waals surface area contributed by atoms with Crippen LogP contribution in [0.2, 0.25) is 0 Å². The number of para-hydroxylation sites is 1. The zero-order valence-corrected chi connectivity index (χ0v) is 9.26. The van der Waals surface area contributed by atoms with Crippen molar-refractivity contribution in [2.45, 2.75) is 6.42 Å². The summed E-state index contributed by atoms with van der Waals surface area (Å²) < 4.78 is 0. The third kappa shape index (κ3) is 2.64. The van der Waals surface area contributed by atoms with Crippen LogP contribution in [0.3, 0.4) is 0 Å². The van der Waals surface area contributed by atoms with E-state index in [1.54, 1.807) is 48.5 Å². The fourth-order valence-electron chi connectivity index (χ4n) is 1.70. The van der Waals surface area contributed by atoms with E-state index in [2.05, 4.69) is 0 Å². The van der Waals surface area contributed by atoms with Gasteiger partial charge in [0.25, 0.3) is 0 Å². The zero-order valence-electron chi connectivity index (χ0n) is 9.26. The smallest absolute Gasteiger partial charge is 0.169 e. The van der Waals surface area contributed by atoms with E-state index in [0.717, 1.165) is 5.56 Å². The largest absolute Gasteiger partial charge is 0.508 e. The van der Waals surface area contributed by atoms with Gasteiger partial charge in [-0.1, -0.05) is 24.3 Å². The van der Waals surface area contributed by atoms with Crippen LogP contribution in [-0.4, -0.2) is 10.9 Å². The van der Waals surface area contributed by atoms with E-state index in [-0.39, 0.29) is 18.0 Å². The van der Waals surface area contributed by atoms with E-state index in [4.69, 9.17) is 5.73 Å². The molecular formula is C14H13NO2. The lowest BCUT2D eigenvalue weighted by atomic mass is 10.0. The molecule has 0 saturated heterocycles. The molecule has 2 rings (SSSR count). The summed E-state index contributed by atoms with van der Waals surface area (Å²) in [6.07, 6.45) is 0.239. The molecule has 0 unspecified atom stereocenters. The van der Waals surface area contributed by atoms with Gasteiger partial charge in [0.05, 0.1) is 0 Å². The molecule has 0 aliphatic heterocycles. The van der Waals surface area contributed by atoms with Crippen LogP contribution in [0.5, 0.6) is 5.75 Å². The van der Waals surface area contributed by atoms with E-state index in [1.807, 2.05) is 0 Å². The first-order valence-electron chi connectivity index (χ1n) is 5.32. The van der Waals surface area contributed by atoms with Crippen LogP contribution in [-0.2, 0) is 6.42 Å². The van der Waals surface area contributed by atoms with Crippen LogP contribution in [0.15, 0.2) is 48.5 Å². The summed E-state index contributed by atoms with van der Waals surface area (Å²) in [5.74, 6) is 0.116. The van der Waals surface area contributed by atoms with Crippen molar-refractivity contribution < 1.29 is 9.90 Å². The molecule has 17 heavy (non-hydrogen) atoms. The second-order valence-corrected chi connectivity index (χ2v) is 3.86. The van der Waals surface area contributed by atoms with Crippen molar-refractivity contribution >= 4 is 11.5 Å². The van der Waals surface area contributed by atoms with E-state index < -0.39 is 0 Å². The Kier molecular flexibility index (Phi) is 3.10. The molecule has 3 N–H and O–H groups in total. The number of carbonyl (C=O) groups is 1. The lowest BCUT2D eigenvalue weighted by molar-refractivity contribution is 0.0994. The number of hydrogen-bond acceptors (Lipinski definition) is 3. The van der Waals surface area contributed by atoms with Gasteiger partial charge < -0.3 is 10.8 Å². The van der Waals surface area contributed by atoms with E-state index in [1.165, 1.54) is 0 Å². The number of nitrogens with two attached hydrogens (primary N) is 1. The van der Waals surface area contributed by atoms with E-state index in [9.17, 15) is 9.90 Å². The Morgan fingerprint density at radius 1 is 1.12 bits per heavy atom. The van der Waals surface area contributed by atoms with Crippen molar-refractivity contribution in [2.75, 3.05) is 5.73 Å². The number of phenols is 1. The number of hydrogen-bond donors (Lipinski definition) is 2. The monoisotopic (exact) mass is 227 g/mol. The molecule has 86 valence electrons. The lowest BCUT2D eigenvalue weighted by Crippen LogP contribution is -2.06. The van der Waals surface area contributed by atoms with Gasteiger partial charge in [-0.05, 0) is 29.8 Å². The van der Waals surface area contributed by atoms with Crippen LogP contribution in [0.1, 0.15) is 15.9 Å². The summed E-state index contributed by atoms with van der Waals surface area (Å²) in [6, 6.07) is 13.7. The highest BCUT2D eigenvalue weighted by Gasteiger charge is 2.09.